The molecule has 0 aromatic heterocycles. The molecular formula is C11H17N3. The van der Waals surface area contributed by atoms with Gasteiger partial charge in [0.05, 0.1) is 0 Å². The average Bonchev–Trinajstić information content (AvgIpc) is 2.17. The molecule has 0 amide bonds. The minimum Gasteiger partial charge on any atom is -0.403 e. The van der Waals surface area contributed by atoms with Gasteiger partial charge in [-0.25, -0.2) is 0 Å². The highest BCUT2D eigenvalue weighted by Crippen LogP contribution is 1.96. The quantitative estimate of drug-likeness (QED) is 0.522. The van der Waals surface area contributed by atoms with E-state index in [0.717, 1.165) is 5.56 Å². The molecule has 0 aliphatic heterocycles. The summed E-state index contributed by atoms with van der Waals surface area (Å²) in [7, 11) is 1.68. The minimum atomic E-state index is 0.584. The molecule has 0 spiro atoms. The maximum atomic E-state index is 5.54. The molecule has 1 aromatic carbocycles. The number of nitrogens with zero attached hydrogens (tertiary/aromatic N) is 1. The van der Waals surface area contributed by atoms with Crippen LogP contribution in [0.3, 0.4) is 0 Å². The SMILES string of the molecule is C=C(C)N.CN=C(N)c1ccccc1. The van der Waals surface area contributed by atoms with Crippen molar-refractivity contribution in [3.63, 3.8) is 0 Å². The molecule has 1 rings (SSSR count). The number of nitrogens with two attached hydrogens (primary N) is 2. The van der Waals surface area contributed by atoms with Gasteiger partial charge in [-0.1, -0.05) is 36.9 Å². The minimum absolute atomic E-state index is 0.584. The number of aliphatic imine (C=N–C) groups is 1. The van der Waals surface area contributed by atoms with Crippen molar-refractivity contribution in [3.8, 4) is 0 Å². The molecule has 0 saturated carbocycles. The van der Waals surface area contributed by atoms with Crippen LogP contribution >= 0.6 is 0 Å². The summed E-state index contributed by atoms with van der Waals surface area (Å²) in [6.45, 7) is 5.08. The lowest BCUT2D eigenvalue weighted by molar-refractivity contribution is 1.34. The predicted octanol–water partition coefficient (Wildman–Crippen LogP) is 1.50. The highest BCUT2D eigenvalue weighted by atomic mass is 14.8. The number of amidine groups is 1. The molecule has 0 atom stereocenters. The summed E-state index contributed by atoms with van der Waals surface area (Å²) in [5.74, 6) is 0.584. The average molecular weight is 191 g/mol. The van der Waals surface area contributed by atoms with Gasteiger partial charge in [-0.2, -0.15) is 0 Å². The molecule has 0 aliphatic rings. The van der Waals surface area contributed by atoms with Crippen molar-refractivity contribution in [3.05, 3.63) is 48.2 Å². The van der Waals surface area contributed by atoms with Crippen LogP contribution in [0.15, 0.2) is 47.6 Å². The molecule has 1 aromatic rings. The summed E-state index contributed by atoms with van der Waals surface area (Å²) >= 11 is 0. The van der Waals surface area contributed by atoms with E-state index in [0.29, 0.717) is 11.5 Å². The Morgan fingerprint density at radius 3 is 2.00 bits per heavy atom. The molecule has 4 N–H and O–H groups in total. The second-order valence-electron chi connectivity index (χ2n) is 2.82. The first-order valence-electron chi connectivity index (χ1n) is 4.26. The van der Waals surface area contributed by atoms with Crippen molar-refractivity contribution in [2.45, 2.75) is 6.92 Å². The van der Waals surface area contributed by atoms with Crippen LogP contribution in [0.5, 0.6) is 0 Å². The summed E-state index contributed by atoms with van der Waals surface area (Å²) < 4.78 is 0. The first-order chi connectivity index (χ1) is 6.57. The lowest BCUT2D eigenvalue weighted by atomic mass is 10.2. The van der Waals surface area contributed by atoms with Crippen LogP contribution in [0, 0.1) is 0 Å². The highest BCUT2D eigenvalue weighted by Gasteiger charge is 1.91. The Morgan fingerprint density at radius 2 is 1.64 bits per heavy atom. The summed E-state index contributed by atoms with van der Waals surface area (Å²) in [6, 6.07) is 9.69. The van der Waals surface area contributed by atoms with Gasteiger partial charge in [0.15, 0.2) is 0 Å². The zero-order valence-corrected chi connectivity index (χ0v) is 8.70. The van der Waals surface area contributed by atoms with E-state index in [2.05, 4.69) is 11.6 Å². The number of allylic oxidation sites excluding steroid dienone is 1. The molecule has 3 heteroatoms. The van der Waals surface area contributed by atoms with Crippen LogP contribution in [0.4, 0.5) is 0 Å². The maximum absolute atomic E-state index is 5.54. The smallest absolute Gasteiger partial charge is 0.125 e. The molecule has 0 unspecified atom stereocenters. The lowest BCUT2D eigenvalue weighted by Gasteiger charge is -1.95. The summed E-state index contributed by atoms with van der Waals surface area (Å²) in [5.41, 5.74) is 12.1. The van der Waals surface area contributed by atoms with Crippen LogP contribution in [0.25, 0.3) is 0 Å². The molecule has 0 aliphatic carbocycles. The maximum Gasteiger partial charge on any atom is 0.125 e. The molecule has 0 heterocycles. The molecule has 0 saturated heterocycles. The molecule has 3 nitrogen and oxygen atoms in total. The van der Waals surface area contributed by atoms with E-state index in [1.54, 1.807) is 14.0 Å². The van der Waals surface area contributed by atoms with Gasteiger partial charge >= 0.3 is 0 Å². The van der Waals surface area contributed by atoms with E-state index in [1.807, 2.05) is 30.3 Å². The van der Waals surface area contributed by atoms with Gasteiger partial charge in [-0.05, 0) is 12.6 Å². The lowest BCUT2D eigenvalue weighted by Crippen LogP contribution is -2.12. The Bertz CT molecular complexity index is 298. The molecule has 0 bridgehead atoms. The van der Waals surface area contributed by atoms with Crippen molar-refractivity contribution in [2.24, 2.45) is 16.5 Å². The molecule has 0 fully saturated rings. The first kappa shape index (κ1) is 12.2. The summed E-state index contributed by atoms with van der Waals surface area (Å²) in [4.78, 5) is 3.85. The fourth-order valence-corrected chi connectivity index (χ4v) is 0.738. The topological polar surface area (TPSA) is 64.4 Å². The summed E-state index contributed by atoms with van der Waals surface area (Å²) in [6.07, 6.45) is 0. The van der Waals surface area contributed by atoms with E-state index >= 15 is 0 Å². The van der Waals surface area contributed by atoms with E-state index in [9.17, 15) is 0 Å². The predicted molar refractivity (Wildman–Crippen MR) is 62.1 cm³/mol. The van der Waals surface area contributed by atoms with E-state index < -0.39 is 0 Å². The number of rotatable bonds is 1. The van der Waals surface area contributed by atoms with Crippen LogP contribution in [-0.4, -0.2) is 12.9 Å². The molecule has 76 valence electrons. The van der Waals surface area contributed by atoms with Gasteiger partial charge in [0, 0.05) is 12.6 Å². The van der Waals surface area contributed by atoms with E-state index in [-0.39, 0.29) is 0 Å². The Hall–Kier alpha value is -1.77. The Kier molecular flexibility index (Phi) is 5.87. The van der Waals surface area contributed by atoms with E-state index in [1.165, 1.54) is 0 Å². The third-order valence-corrected chi connectivity index (χ3v) is 1.31. The normalized spacial score (nSPS) is 10.0. The third-order valence-electron chi connectivity index (χ3n) is 1.31. The number of hydrogen-bond donors (Lipinski definition) is 2. The number of benzene rings is 1. The van der Waals surface area contributed by atoms with Crippen molar-refractivity contribution in [1.82, 2.24) is 0 Å². The molecular weight excluding hydrogens is 174 g/mol. The van der Waals surface area contributed by atoms with Crippen LogP contribution < -0.4 is 11.5 Å². The fourth-order valence-electron chi connectivity index (χ4n) is 0.738. The zero-order chi connectivity index (χ0) is 11.0. The Balaban J connectivity index is 0.000000364. The van der Waals surface area contributed by atoms with Gasteiger partial charge in [-0.3, -0.25) is 4.99 Å². The second kappa shape index (κ2) is 6.71. The zero-order valence-electron chi connectivity index (χ0n) is 8.70. The monoisotopic (exact) mass is 191 g/mol. The van der Waals surface area contributed by atoms with Gasteiger partial charge in [-0.15, -0.1) is 0 Å². The Labute approximate surface area is 85.1 Å². The van der Waals surface area contributed by atoms with Crippen LogP contribution in [-0.2, 0) is 0 Å². The van der Waals surface area contributed by atoms with Crippen LogP contribution in [0.1, 0.15) is 12.5 Å². The Morgan fingerprint density at radius 1 is 1.21 bits per heavy atom. The van der Waals surface area contributed by atoms with Crippen molar-refractivity contribution < 1.29 is 0 Å². The highest BCUT2D eigenvalue weighted by molar-refractivity contribution is 5.97. The van der Waals surface area contributed by atoms with Crippen molar-refractivity contribution in [1.29, 1.82) is 0 Å². The van der Waals surface area contributed by atoms with Gasteiger partial charge < -0.3 is 11.5 Å². The van der Waals surface area contributed by atoms with Crippen molar-refractivity contribution >= 4 is 5.84 Å². The van der Waals surface area contributed by atoms with Gasteiger partial charge in [0.25, 0.3) is 0 Å². The largest absolute Gasteiger partial charge is 0.403 e. The van der Waals surface area contributed by atoms with E-state index in [4.69, 9.17) is 11.5 Å². The first-order valence-corrected chi connectivity index (χ1v) is 4.26. The molecule has 0 radical (unpaired) electrons. The van der Waals surface area contributed by atoms with Crippen LogP contribution in [0.2, 0.25) is 0 Å². The summed E-state index contributed by atoms with van der Waals surface area (Å²) in [5, 5.41) is 0. The second-order valence-corrected chi connectivity index (χ2v) is 2.82. The fraction of sp³-hybridized carbons (Fsp3) is 0.182. The van der Waals surface area contributed by atoms with Crippen molar-refractivity contribution in [2.75, 3.05) is 7.05 Å². The van der Waals surface area contributed by atoms with Gasteiger partial charge in [0.2, 0.25) is 0 Å². The molecule has 14 heavy (non-hydrogen) atoms. The third kappa shape index (κ3) is 5.83. The standard InChI is InChI=1S/C8H10N2.C3H7N/c1-10-8(9)7-5-3-2-4-6-7;1-3(2)4/h2-6H,1H3,(H2,9,10);1,4H2,2H3. The number of hydrogen-bond acceptors (Lipinski definition) is 2. The van der Waals surface area contributed by atoms with Gasteiger partial charge in [0.1, 0.15) is 5.84 Å².